The Balaban J connectivity index is 2.12. The van der Waals surface area contributed by atoms with Crippen LogP contribution in [0.5, 0.6) is 11.8 Å². The van der Waals surface area contributed by atoms with Gasteiger partial charge < -0.3 is 14.8 Å². The molecule has 0 saturated heterocycles. The number of rotatable bonds is 10. The van der Waals surface area contributed by atoms with Crippen molar-refractivity contribution in [1.29, 1.82) is 0 Å². The molecule has 0 radical (unpaired) electrons. The maximum absolute atomic E-state index is 12.8. The first-order valence-corrected chi connectivity index (χ1v) is 10.4. The first-order chi connectivity index (χ1) is 15.4. The minimum Gasteiger partial charge on any atom is -0.480 e. The highest BCUT2D eigenvalue weighted by Gasteiger charge is 2.27. The summed E-state index contributed by atoms with van der Waals surface area (Å²) in [5.41, 5.74) is 2.24. The highest BCUT2D eigenvalue weighted by Crippen LogP contribution is 2.24. The summed E-state index contributed by atoms with van der Waals surface area (Å²) in [6.45, 7) is 6.66. The number of nitrogens with zero attached hydrogens (tertiary/aromatic N) is 2. The third-order valence-electron chi connectivity index (χ3n) is 4.78. The second-order valence-electron chi connectivity index (χ2n) is 7.95. The van der Waals surface area contributed by atoms with Crippen molar-refractivity contribution in [2.24, 2.45) is 5.92 Å². The Labute approximate surface area is 190 Å². The van der Waals surface area contributed by atoms with Crippen LogP contribution in [-0.2, 0) is 11.2 Å². The maximum atomic E-state index is 12.8. The van der Waals surface area contributed by atoms with Crippen LogP contribution in [0.4, 0.5) is 13.2 Å². The van der Waals surface area contributed by atoms with Crippen molar-refractivity contribution in [1.82, 2.24) is 15.3 Å². The number of hydrogen-bond donors (Lipinski definition) is 1. The zero-order valence-corrected chi connectivity index (χ0v) is 19.2. The zero-order valence-electron chi connectivity index (χ0n) is 19.2. The predicted octanol–water partition coefficient (Wildman–Crippen LogP) is 4.38. The van der Waals surface area contributed by atoms with Gasteiger partial charge in [-0.2, -0.15) is 18.2 Å². The second-order valence-corrected chi connectivity index (χ2v) is 7.95. The number of halogens is 3. The van der Waals surface area contributed by atoms with Gasteiger partial charge in [-0.3, -0.25) is 14.6 Å². The van der Waals surface area contributed by atoms with Crippen molar-refractivity contribution in [2.45, 2.75) is 52.8 Å². The fourth-order valence-electron chi connectivity index (χ4n) is 2.95. The van der Waals surface area contributed by atoms with E-state index in [1.807, 2.05) is 26.8 Å². The number of Topliss-reactive ketones (excluding diaryl/α,β-unsaturated/α-hetero) is 1. The number of carbonyl (C=O) groups is 2. The lowest BCUT2D eigenvalue weighted by molar-refractivity contribution is -0.139. The van der Waals surface area contributed by atoms with Crippen LogP contribution in [0.25, 0.3) is 0 Å². The highest BCUT2D eigenvalue weighted by molar-refractivity contribution is 5.96. The van der Waals surface area contributed by atoms with E-state index in [1.54, 1.807) is 13.0 Å². The first kappa shape index (κ1) is 26.1. The van der Waals surface area contributed by atoms with Crippen LogP contribution in [0.15, 0.2) is 24.3 Å². The molecular formula is C23H28F3N3O4. The van der Waals surface area contributed by atoms with Crippen molar-refractivity contribution in [3.05, 3.63) is 46.8 Å². The molecule has 0 aliphatic rings. The summed E-state index contributed by atoms with van der Waals surface area (Å²) in [6.07, 6.45) is -5.25. The number of methoxy groups -OCH3 is 1. The normalized spacial score (nSPS) is 12.4. The molecule has 1 amide bonds. The van der Waals surface area contributed by atoms with Gasteiger partial charge in [0.15, 0.2) is 0 Å². The van der Waals surface area contributed by atoms with E-state index >= 15 is 0 Å². The van der Waals surface area contributed by atoms with E-state index in [-0.39, 0.29) is 35.4 Å². The molecule has 1 N–H and O–H groups in total. The van der Waals surface area contributed by atoms with Gasteiger partial charge in [-0.1, -0.05) is 13.8 Å². The minimum atomic E-state index is -4.34. The Bertz CT molecular complexity index is 993. The monoisotopic (exact) mass is 467 g/mol. The minimum absolute atomic E-state index is 0.0710. The Kier molecular flexibility index (Phi) is 8.78. The molecule has 2 aromatic rings. The Morgan fingerprint density at radius 3 is 2.42 bits per heavy atom. The van der Waals surface area contributed by atoms with Crippen LogP contribution in [0.1, 0.15) is 60.5 Å². The largest absolute Gasteiger partial charge is 0.480 e. The van der Waals surface area contributed by atoms with Crippen LogP contribution in [0, 0.1) is 12.8 Å². The molecule has 0 bridgehead atoms. The molecule has 2 aromatic heterocycles. The van der Waals surface area contributed by atoms with Crippen molar-refractivity contribution in [2.75, 3.05) is 13.7 Å². The Morgan fingerprint density at radius 1 is 1.12 bits per heavy atom. The molecule has 0 spiro atoms. The molecule has 0 saturated carbocycles. The lowest BCUT2D eigenvalue weighted by atomic mass is 10.0. The number of hydrogen-bond acceptors (Lipinski definition) is 6. The SMILES string of the molecule is COc1nc(OCCC(F)(F)F)ccc1C(=O)NC(C)c1cc(C)nc(CC(=O)C(C)C)c1. The zero-order chi connectivity index (χ0) is 24.8. The molecule has 180 valence electrons. The number of ether oxygens (including phenoxy) is 2. The van der Waals surface area contributed by atoms with Crippen molar-refractivity contribution in [3.8, 4) is 11.8 Å². The molecular weight excluding hydrogens is 439 g/mol. The second kappa shape index (κ2) is 11.1. The number of alkyl halides is 3. The summed E-state index contributed by atoms with van der Waals surface area (Å²) < 4.78 is 47.0. The fraction of sp³-hybridized carbons (Fsp3) is 0.478. The van der Waals surface area contributed by atoms with Gasteiger partial charge in [0.25, 0.3) is 5.91 Å². The first-order valence-electron chi connectivity index (χ1n) is 10.4. The summed E-state index contributed by atoms with van der Waals surface area (Å²) >= 11 is 0. The molecule has 1 unspecified atom stereocenters. The van der Waals surface area contributed by atoms with Gasteiger partial charge in [0.1, 0.15) is 11.3 Å². The fourth-order valence-corrected chi connectivity index (χ4v) is 2.95. The number of aromatic nitrogens is 2. The van der Waals surface area contributed by atoms with Crippen LogP contribution in [0.3, 0.4) is 0 Å². The van der Waals surface area contributed by atoms with Crippen molar-refractivity contribution in [3.63, 3.8) is 0 Å². The number of ketones is 1. The quantitative estimate of drug-likeness (QED) is 0.558. The summed E-state index contributed by atoms with van der Waals surface area (Å²) in [5, 5.41) is 2.84. The molecule has 0 aliphatic heterocycles. The number of amides is 1. The summed E-state index contributed by atoms with van der Waals surface area (Å²) in [5.74, 6) is -0.663. The van der Waals surface area contributed by atoms with E-state index in [0.29, 0.717) is 5.69 Å². The topological polar surface area (TPSA) is 90.4 Å². The van der Waals surface area contributed by atoms with Gasteiger partial charge in [0, 0.05) is 29.8 Å². The molecule has 7 nitrogen and oxygen atoms in total. The molecule has 0 aliphatic carbocycles. The van der Waals surface area contributed by atoms with E-state index in [2.05, 4.69) is 15.3 Å². The summed E-state index contributed by atoms with van der Waals surface area (Å²) in [7, 11) is 1.30. The lowest BCUT2D eigenvalue weighted by Crippen LogP contribution is -2.27. The maximum Gasteiger partial charge on any atom is 0.392 e. The summed E-state index contributed by atoms with van der Waals surface area (Å²) in [4.78, 5) is 33.3. The molecule has 2 heterocycles. The number of carbonyl (C=O) groups excluding carboxylic acids is 2. The smallest absolute Gasteiger partial charge is 0.392 e. The molecule has 2 rings (SSSR count). The van der Waals surface area contributed by atoms with Gasteiger partial charge in [-0.25, -0.2) is 0 Å². The van der Waals surface area contributed by atoms with Crippen molar-refractivity contribution < 1.29 is 32.2 Å². The summed E-state index contributed by atoms with van der Waals surface area (Å²) in [6, 6.07) is 5.87. The number of nitrogens with one attached hydrogen (secondary N) is 1. The number of pyridine rings is 2. The van der Waals surface area contributed by atoms with E-state index in [1.165, 1.54) is 19.2 Å². The van der Waals surface area contributed by atoms with Crippen LogP contribution in [-0.4, -0.2) is 41.6 Å². The van der Waals surface area contributed by atoms with Crippen LogP contribution >= 0.6 is 0 Å². The molecule has 0 aromatic carbocycles. The van der Waals surface area contributed by atoms with Gasteiger partial charge in [0.2, 0.25) is 11.8 Å². The third kappa shape index (κ3) is 8.03. The number of aryl methyl sites for hydroxylation is 1. The third-order valence-corrected chi connectivity index (χ3v) is 4.78. The molecule has 0 fully saturated rings. The van der Waals surface area contributed by atoms with Gasteiger partial charge in [-0.05, 0) is 37.6 Å². The van der Waals surface area contributed by atoms with Gasteiger partial charge >= 0.3 is 6.18 Å². The van der Waals surface area contributed by atoms with Crippen molar-refractivity contribution >= 4 is 11.7 Å². The van der Waals surface area contributed by atoms with E-state index < -0.39 is 31.2 Å². The van der Waals surface area contributed by atoms with E-state index in [9.17, 15) is 22.8 Å². The van der Waals surface area contributed by atoms with Crippen LogP contribution < -0.4 is 14.8 Å². The van der Waals surface area contributed by atoms with Gasteiger partial charge in [-0.15, -0.1) is 0 Å². The van der Waals surface area contributed by atoms with Crippen LogP contribution in [0.2, 0.25) is 0 Å². The lowest BCUT2D eigenvalue weighted by Gasteiger charge is -2.17. The van der Waals surface area contributed by atoms with Gasteiger partial charge in [0.05, 0.1) is 26.2 Å². The highest BCUT2D eigenvalue weighted by atomic mass is 19.4. The molecule has 10 heteroatoms. The average Bonchev–Trinajstić information content (AvgIpc) is 2.72. The molecule has 1 atom stereocenters. The van der Waals surface area contributed by atoms with E-state index in [4.69, 9.17) is 9.47 Å². The van der Waals surface area contributed by atoms with E-state index in [0.717, 1.165) is 11.3 Å². The Morgan fingerprint density at radius 2 is 1.82 bits per heavy atom. The standard InChI is InChI=1S/C23H28F3N3O4/c1-13(2)19(30)12-17-11-16(10-14(3)27-17)15(4)28-21(31)18-6-7-20(29-22(18)32-5)33-9-8-23(24,25)26/h6-7,10-11,13,15H,8-9,12H2,1-5H3,(H,28,31). The molecule has 33 heavy (non-hydrogen) atoms. The average molecular weight is 467 g/mol. The Hall–Kier alpha value is -3.17. The predicted molar refractivity (Wildman–Crippen MR) is 115 cm³/mol.